The van der Waals surface area contributed by atoms with Crippen LogP contribution in [0.25, 0.3) is 10.7 Å². The molecule has 2 aromatic rings. The molecule has 3 nitrogen and oxygen atoms in total. The number of nitrogens with zero attached hydrogens (tertiary/aromatic N) is 2. The molecule has 0 saturated heterocycles. The molecular weight excluding hydrogens is 278 g/mol. The van der Waals surface area contributed by atoms with Gasteiger partial charge in [0.25, 0.3) is 0 Å². The van der Waals surface area contributed by atoms with E-state index in [1.165, 1.54) is 4.88 Å². The fraction of sp³-hybridized carbons (Fsp3) is 0.529. The van der Waals surface area contributed by atoms with E-state index in [1.807, 2.05) is 0 Å². The van der Waals surface area contributed by atoms with Gasteiger partial charge in [0.15, 0.2) is 5.82 Å². The van der Waals surface area contributed by atoms with Gasteiger partial charge >= 0.3 is 0 Å². The Bertz CT molecular complexity index is 623. The van der Waals surface area contributed by atoms with Crippen LogP contribution in [-0.4, -0.2) is 16.5 Å². The van der Waals surface area contributed by atoms with Crippen LogP contribution in [0.2, 0.25) is 0 Å². The fourth-order valence-electron chi connectivity index (χ4n) is 2.22. The standard InChI is InChI=1S/C17H25N3S/c1-7-12-11(3)15(18-8-2)20-16(19-12)13-9-10-14(21-13)17(4,5)6/h9-10H,7-8H2,1-6H3,(H,18,19,20). The Morgan fingerprint density at radius 3 is 2.38 bits per heavy atom. The van der Waals surface area contributed by atoms with Gasteiger partial charge in [-0.2, -0.15) is 0 Å². The molecule has 0 fully saturated rings. The first-order valence-electron chi connectivity index (χ1n) is 7.58. The molecule has 0 unspecified atom stereocenters. The van der Waals surface area contributed by atoms with Crippen molar-refractivity contribution in [1.29, 1.82) is 0 Å². The molecule has 0 aromatic carbocycles. The Hall–Kier alpha value is -1.42. The SMILES string of the molecule is CCNc1nc(-c2ccc(C(C)(C)C)s2)nc(CC)c1C. The van der Waals surface area contributed by atoms with Crippen LogP contribution >= 0.6 is 11.3 Å². The maximum Gasteiger partial charge on any atom is 0.171 e. The van der Waals surface area contributed by atoms with Crippen LogP contribution in [0.1, 0.15) is 50.8 Å². The third-order valence-corrected chi connectivity index (χ3v) is 5.00. The lowest BCUT2D eigenvalue weighted by molar-refractivity contribution is 0.604. The first kappa shape index (κ1) is 16.0. The van der Waals surface area contributed by atoms with E-state index < -0.39 is 0 Å². The number of thiophene rings is 1. The lowest BCUT2D eigenvalue weighted by Gasteiger charge is -2.15. The average Bonchev–Trinajstić information content (AvgIpc) is 2.91. The van der Waals surface area contributed by atoms with Crippen molar-refractivity contribution in [3.8, 4) is 10.7 Å². The minimum atomic E-state index is 0.172. The van der Waals surface area contributed by atoms with Crippen LogP contribution in [-0.2, 0) is 11.8 Å². The maximum absolute atomic E-state index is 4.76. The molecule has 4 heteroatoms. The summed E-state index contributed by atoms with van der Waals surface area (Å²) in [5, 5.41) is 3.35. The minimum Gasteiger partial charge on any atom is -0.370 e. The van der Waals surface area contributed by atoms with Crippen molar-refractivity contribution in [3.63, 3.8) is 0 Å². The van der Waals surface area contributed by atoms with Crippen molar-refractivity contribution in [2.75, 3.05) is 11.9 Å². The van der Waals surface area contributed by atoms with Crippen LogP contribution in [0.4, 0.5) is 5.82 Å². The van der Waals surface area contributed by atoms with Crippen molar-refractivity contribution in [2.45, 2.75) is 53.4 Å². The van der Waals surface area contributed by atoms with Crippen LogP contribution in [0.3, 0.4) is 0 Å². The second-order valence-corrected chi connectivity index (χ2v) is 7.35. The van der Waals surface area contributed by atoms with Crippen molar-refractivity contribution < 1.29 is 0 Å². The predicted molar refractivity (Wildman–Crippen MR) is 92.3 cm³/mol. The Morgan fingerprint density at radius 2 is 1.86 bits per heavy atom. The van der Waals surface area contributed by atoms with E-state index in [9.17, 15) is 0 Å². The summed E-state index contributed by atoms with van der Waals surface area (Å²) in [6.45, 7) is 13.9. The summed E-state index contributed by atoms with van der Waals surface area (Å²) in [6, 6.07) is 4.34. The number of rotatable bonds is 4. The van der Waals surface area contributed by atoms with Gasteiger partial charge < -0.3 is 5.32 Å². The summed E-state index contributed by atoms with van der Waals surface area (Å²) in [6.07, 6.45) is 0.928. The normalized spacial score (nSPS) is 11.7. The second-order valence-electron chi connectivity index (χ2n) is 6.27. The molecule has 0 saturated carbocycles. The van der Waals surface area contributed by atoms with Crippen molar-refractivity contribution >= 4 is 17.2 Å². The summed E-state index contributed by atoms with van der Waals surface area (Å²) in [5.74, 6) is 1.80. The summed E-state index contributed by atoms with van der Waals surface area (Å²) >= 11 is 1.79. The lowest BCUT2D eigenvalue weighted by atomic mass is 9.95. The van der Waals surface area contributed by atoms with Crippen LogP contribution in [0.5, 0.6) is 0 Å². The number of aryl methyl sites for hydroxylation is 1. The Morgan fingerprint density at radius 1 is 1.14 bits per heavy atom. The molecule has 21 heavy (non-hydrogen) atoms. The predicted octanol–water partition coefficient (Wildman–Crippen LogP) is 4.81. The molecule has 0 atom stereocenters. The summed E-state index contributed by atoms with van der Waals surface area (Å²) in [7, 11) is 0. The molecular formula is C17H25N3S. The van der Waals surface area contributed by atoms with Gasteiger partial charge in [0.2, 0.25) is 0 Å². The number of aromatic nitrogens is 2. The maximum atomic E-state index is 4.76. The molecule has 0 amide bonds. The quantitative estimate of drug-likeness (QED) is 0.881. The lowest BCUT2D eigenvalue weighted by Crippen LogP contribution is -2.08. The van der Waals surface area contributed by atoms with Gasteiger partial charge in [0, 0.05) is 22.7 Å². The highest BCUT2D eigenvalue weighted by atomic mass is 32.1. The third kappa shape index (κ3) is 3.43. The van der Waals surface area contributed by atoms with E-state index in [0.717, 1.165) is 40.7 Å². The van der Waals surface area contributed by atoms with E-state index in [-0.39, 0.29) is 5.41 Å². The molecule has 1 N–H and O–H groups in total. The highest BCUT2D eigenvalue weighted by Gasteiger charge is 2.18. The molecule has 2 aromatic heterocycles. The van der Waals surface area contributed by atoms with Crippen LogP contribution < -0.4 is 5.32 Å². The third-order valence-electron chi connectivity index (χ3n) is 3.49. The average molecular weight is 303 g/mol. The van der Waals surface area contributed by atoms with Crippen LogP contribution in [0, 0.1) is 6.92 Å². The highest BCUT2D eigenvalue weighted by molar-refractivity contribution is 7.15. The van der Waals surface area contributed by atoms with Crippen molar-refractivity contribution in [3.05, 3.63) is 28.3 Å². The molecule has 2 rings (SSSR count). The number of hydrogen-bond acceptors (Lipinski definition) is 4. The van der Waals surface area contributed by atoms with Gasteiger partial charge in [0.05, 0.1) is 4.88 Å². The zero-order chi connectivity index (χ0) is 15.6. The number of nitrogens with one attached hydrogen (secondary N) is 1. The summed E-state index contributed by atoms with van der Waals surface area (Å²) in [4.78, 5) is 12.0. The minimum absolute atomic E-state index is 0.172. The van der Waals surface area contributed by atoms with E-state index in [1.54, 1.807) is 11.3 Å². The van der Waals surface area contributed by atoms with Crippen molar-refractivity contribution in [2.24, 2.45) is 0 Å². The van der Waals surface area contributed by atoms with Gasteiger partial charge in [-0.3, -0.25) is 0 Å². The molecule has 0 spiro atoms. The van der Waals surface area contributed by atoms with Crippen molar-refractivity contribution in [1.82, 2.24) is 9.97 Å². The van der Waals surface area contributed by atoms with E-state index in [2.05, 4.69) is 59.0 Å². The Labute approximate surface area is 131 Å². The Kier molecular flexibility index (Phi) is 4.67. The van der Waals surface area contributed by atoms with E-state index in [4.69, 9.17) is 9.97 Å². The zero-order valence-corrected chi connectivity index (χ0v) is 14.7. The monoisotopic (exact) mass is 303 g/mol. The molecule has 0 aliphatic carbocycles. The van der Waals surface area contributed by atoms with Gasteiger partial charge in [-0.1, -0.05) is 27.7 Å². The van der Waals surface area contributed by atoms with E-state index >= 15 is 0 Å². The summed E-state index contributed by atoms with van der Waals surface area (Å²) < 4.78 is 0. The molecule has 114 valence electrons. The molecule has 0 aliphatic rings. The molecule has 0 aliphatic heterocycles. The second kappa shape index (κ2) is 6.14. The van der Waals surface area contributed by atoms with Gasteiger partial charge in [-0.15, -0.1) is 11.3 Å². The number of hydrogen-bond donors (Lipinski definition) is 1. The fourth-order valence-corrected chi connectivity index (χ4v) is 3.22. The van der Waals surface area contributed by atoms with Gasteiger partial charge in [0.1, 0.15) is 5.82 Å². The smallest absolute Gasteiger partial charge is 0.171 e. The molecule has 2 heterocycles. The van der Waals surface area contributed by atoms with Gasteiger partial charge in [-0.05, 0) is 37.8 Å². The largest absolute Gasteiger partial charge is 0.370 e. The molecule has 0 bridgehead atoms. The van der Waals surface area contributed by atoms with Crippen LogP contribution in [0.15, 0.2) is 12.1 Å². The highest BCUT2D eigenvalue weighted by Crippen LogP contribution is 2.34. The Balaban J connectivity index is 2.48. The first-order valence-corrected chi connectivity index (χ1v) is 8.40. The topological polar surface area (TPSA) is 37.8 Å². The summed E-state index contributed by atoms with van der Waals surface area (Å²) in [5.41, 5.74) is 2.46. The van der Waals surface area contributed by atoms with E-state index in [0.29, 0.717) is 0 Å². The number of anilines is 1. The zero-order valence-electron chi connectivity index (χ0n) is 13.9. The first-order chi connectivity index (χ1) is 9.86. The van der Waals surface area contributed by atoms with Gasteiger partial charge in [-0.25, -0.2) is 9.97 Å². The molecule has 0 radical (unpaired) electrons.